The zero-order chi connectivity index (χ0) is 24.7. The Morgan fingerprint density at radius 1 is 1.26 bits per heavy atom. The summed E-state index contributed by atoms with van der Waals surface area (Å²) in [6.45, 7) is 6.44. The zero-order valence-corrected chi connectivity index (χ0v) is 20.1. The summed E-state index contributed by atoms with van der Waals surface area (Å²) in [4.78, 5) is 13.2. The van der Waals surface area contributed by atoms with Crippen LogP contribution in [-0.2, 0) is 20.4 Å². The predicted octanol–water partition coefficient (Wildman–Crippen LogP) is 0.710. The van der Waals surface area contributed by atoms with Gasteiger partial charge in [0.05, 0.1) is 18.8 Å². The van der Waals surface area contributed by atoms with E-state index in [2.05, 4.69) is 25.1 Å². The van der Waals surface area contributed by atoms with Crippen LogP contribution in [-0.4, -0.2) is 67.8 Å². The van der Waals surface area contributed by atoms with E-state index in [-0.39, 0.29) is 30.7 Å². The first kappa shape index (κ1) is 24.1. The Morgan fingerprint density at radius 2 is 1.97 bits per heavy atom. The molecule has 0 saturated heterocycles. The molecule has 4 rings (SSSR count). The molecule has 34 heavy (non-hydrogen) atoms. The first-order valence-electron chi connectivity index (χ1n) is 10.7. The first-order valence-corrected chi connectivity index (χ1v) is 12.3. The lowest BCUT2D eigenvalue weighted by molar-refractivity contribution is -0.0714. The lowest BCUT2D eigenvalue weighted by Gasteiger charge is -2.37. The third-order valence-electron chi connectivity index (χ3n) is 5.62. The third-order valence-corrected chi connectivity index (χ3v) is 6.94. The number of fused-ring (bicyclic) bond motifs is 3. The van der Waals surface area contributed by atoms with Crippen molar-refractivity contribution in [1.29, 1.82) is 0 Å². The van der Waals surface area contributed by atoms with Gasteiger partial charge in [-0.25, -0.2) is 28.5 Å². The SMILES string of the molecule is Cc1cnc(C(OC(C)C)(c2nnc3n2[C@H](CO)COc2cccnc2-3)C(C)S(N)(=O)=O)nc1. The number of ether oxygens (including phenoxy) is 2. The van der Waals surface area contributed by atoms with Crippen LogP contribution in [0.25, 0.3) is 11.5 Å². The number of hydrogen-bond donors (Lipinski definition) is 2. The fraction of sp³-hybridized carbons (Fsp3) is 0.476. The van der Waals surface area contributed by atoms with Crippen molar-refractivity contribution in [2.45, 2.75) is 50.7 Å². The Balaban J connectivity index is 2.10. The summed E-state index contributed by atoms with van der Waals surface area (Å²) in [5, 5.41) is 23.2. The standard InChI is InChI=1S/C21H27N7O5S/c1-12(2)33-21(14(4)34(22,30)31,19-24-8-13(3)9-25-19)20-27-26-18-17-16(6-5-7-23-17)32-11-15(10-29)28(18)20/h5-9,12,14-15,29H,10-11H2,1-4H3,(H2,22,30,31)/t14?,15-,21?/m1/s1. The van der Waals surface area contributed by atoms with Crippen molar-refractivity contribution in [3.05, 3.63) is 47.9 Å². The highest BCUT2D eigenvalue weighted by atomic mass is 32.2. The van der Waals surface area contributed by atoms with Crippen LogP contribution in [0.4, 0.5) is 0 Å². The number of primary sulfonamides is 1. The Morgan fingerprint density at radius 3 is 2.59 bits per heavy atom. The maximum atomic E-state index is 12.8. The van der Waals surface area contributed by atoms with E-state index < -0.39 is 33.0 Å². The van der Waals surface area contributed by atoms with E-state index in [0.717, 1.165) is 5.56 Å². The lowest BCUT2D eigenvalue weighted by atomic mass is 9.95. The average Bonchev–Trinajstić information content (AvgIpc) is 3.16. The summed E-state index contributed by atoms with van der Waals surface area (Å²) in [6.07, 6.45) is 4.20. The highest BCUT2D eigenvalue weighted by Crippen LogP contribution is 2.42. The lowest BCUT2D eigenvalue weighted by Crippen LogP contribution is -2.52. The molecule has 12 nitrogen and oxygen atoms in total. The molecule has 0 saturated carbocycles. The van der Waals surface area contributed by atoms with Gasteiger partial charge >= 0.3 is 0 Å². The molecule has 0 amide bonds. The van der Waals surface area contributed by atoms with Crippen LogP contribution in [0.15, 0.2) is 30.7 Å². The number of aromatic nitrogens is 6. The van der Waals surface area contributed by atoms with Gasteiger partial charge in [0.2, 0.25) is 15.6 Å². The Labute approximate surface area is 197 Å². The van der Waals surface area contributed by atoms with Gasteiger partial charge in [-0.05, 0) is 45.4 Å². The minimum atomic E-state index is -4.21. The first-order chi connectivity index (χ1) is 16.1. The quantitative estimate of drug-likeness (QED) is 0.482. The Kier molecular flexibility index (Phi) is 6.38. The minimum Gasteiger partial charge on any atom is -0.489 e. The summed E-state index contributed by atoms with van der Waals surface area (Å²) < 4.78 is 39.3. The topological polar surface area (TPSA) is 168 Å². The number of rotatable bonds is 7. The van der Waals surface area contributed by atoms with Crippen molar-refractivity contribution in [2.24, 2.45) is 5.14 Å². The van der Waals surface area contributed by atoms with Crippen LogP contribution in [0.5, 0.6) is 5.75 Å². The molecule has 13 heteroatoms. The second-order valence-corrected chi connectivity index (χ2v) is 10.3. The number of aryl methyl sites for hydroxylation is 1. The van der Waals surface area contributed by atoms with E-state index in [1.54, 1.807) is 49.1 Å². The zero-order valence-electron chi connectivity index (χ0n) is 19.3. The van der Waals surface area contributed by atoms with Crippen molar-refractivity contribution in [3.8, 4) is 17.3 Å². The summed E-state index contributed by atoms with van der Waals surface area (Å²) in [7, 11) is -4.21. The monoisotopic (exact) mass is 489 g/mol. The minimum absolute atomic E-state index is 0.0478. The number of hydrogen-bond acceptors (Lipinski definition) is 10. The van der Waals surface area contributed by atoms with E-state index in [1.165, 1.54) is 6.92 Å². The summed E-state index contributed by atoms with van der Waals surface area (Å²) in [6, 6.07) is 2.77. The Bertz CT molecular complexity index is 1280. The number of sulfonamides is 1. The molecular formula is C21H27N7O5S. The van der Waals surface area contributed by atoms with Crippen LogP contribution in [0, 0.1) is 6.92 Å². The molecule has 0 radical (unpaired) electrons. The fourth-order valence-corrected chi connectivity index (χ4v) is 4.70. The maximum absolute atomic E-state index is 12.8. The van der Waals surface area contributed by atoms with E-state index in [0.29, 0.717) is 11.4 Å². The molecule has 3 aromatic heterocycles. The predicted molar refractivity (Wildman–Crippen MR) is 121 cm³/mol. The molecule has 0 bridgehead atoms. The molecule has 0 spiro atoms. The summed E-state index contributed by atoms with van der Waals surface area (Å²) >= 11 is 0. The third kappa shape index (κ3) is 4.04. The number of aliphatic hydroxyl groups is 1. The van der Waals surface area contributed by atoms with Crippen molar-refractivity contribution < 1.29 is 23.0 Å². The maximum Gasteiger partial charge on any atom is 0.215 e. The molecule has 3 atom stereocenters. The molecule has 3 N–H and O–H groups in total. The average molecular weight is 490 g/mol. The van der Waals surface area contributed by atoms with Gasteiger partial charge in [0, 0.05) is 18.6 Å². The van der Waals surface area contributed by atoms with Crippen molar-refractivity contribution >= 4 is 10.0 Å². The smallest absolute Gasteiger partial charge is 0.215 e. The molecule has 0 aliphatic carbocycles. The molecule has 1 aliphatic rings. The second kappa shape index (κ2) is 8.98. The summed E-state index contributed by atoms with van der Waals surface area (Å²) in [5.74, 6) is 0.863. The van der Waals surface area contributed by atoms with Gasteiger partial charge in [0.1, 0.15) is 23.3 Å². The number of pyridine rings is 1. The molecule has 2 unspecified atom stereocenters. The van der Waals surface area contributed by atoms with E-state index >= 15 is 0 Å². The highest BCUT2D eigenvalue weighted by molar-refractivity contribution is 7.89. The number of nitrogens with two attached hydrogens (primary N) is 1. The second-order valence-electron chi connectivity index (χ2n) is 8.43. The van der Waals surface area contributed by atoms with Crippen LogP contribution < -0.4 is 9.88 Å². The van der Waals surface area contributed by atoms with Crippen LogP contribution in [0.3, 0.4) is 0 Å². The number of aliphatic hydroxyl groups excluding tert-OH is 1. The van der Waals surface area contributed by atoms with Gasteiger partial charge in [-0.3, -0.25) is 4.57 Å². The van der Waals surface area contributed by atoms with Crippen molar-refractivity contribution in [2.75, 3.05) is 13.2 Å². The van der Waals surface area contributed by atoms with Gasteiger partial charge < -0.3 is 14.6 Å². The fourth-order valence-electron chi connectivity index (χ4n) is 3.97. The Hall–Kier alpha value is -3.00. The molecule has 0 fully saturated rings. The molecule has 3 aromatic rings. The molecule has 4 heterocycles. The van der Waals surface area contributed by atoms with Gasteiger partial charge in [-0.15, -0.1) is 10.2 Å². The highest BCUT2D eigenvalue weighted by Gasteiger charge is 2.54. The van der Waals surface area contributed by atoms with Gasteiger partial charge in [0.25, 0.3) is 0 Å². The van der Waals surface area contributed by atoms with E-state index in [1.807, 2.05) is 6.92 Å². The van der Waals surface area contributed by atoms with Gasteiger partial charge in [-0.1, -0.05) is 0 Å². The molecule has 182 valence electrons. The normalized spacial score (nSPS) is 18.4. The van der Waals surface area contributed by atoms with Crippen molar-refractivity contribution in [3.63, 3.8) is 0 Å². The molecular weight excluding hydrogens is 462 g/mol. The van der Waals surface area contributed by atoms with E-state index in [4.69, 9.17) is 14.6 Å². The van der Waals surface area contributed by atoms with Crippen LogP contribution in [0.2, 0.25) is 0 Å². The molecule has 0 aromatic carbocycles. The van der Waals surface area contributed by atoms with E-state index in [9.17, 15) is 13.5 Å². The van der Waals surface area contributed by atoms with Crippen LogP contribution >= 0.6 is 0 Å². The number of nitrogens with zero attached hydrogens (tertiary/aromatic N) is 6. The van der Waals surface area contributed by atoms with Gasteiger partial charge in [0.15, 0.2) is 17.5 Å². The van der Waals surface area contributed by atoms with Crippen molar-refractivity contribution in [1.82, 2.24) is 29.7 Å². The molecule has 1 aliphatic heterocycles. The summed E-state index contributed by atoms with van der Waals surface area (Å²) in [5.41, 5.74) is -0.693. The van der Waals surface area contributed by atoms with Gasteiger partial charge in [-0.2, -0.15) is 0 Å². The van der Waals surface area contributed by atoms with Crippen LogP contribution in [0.1, 0.15) is 44.0 Å². The largest absolute Gasteiger partial charge is 0.489 e.